The molecule has 0 spiro atoms. The van der Waals surface area contributed by atoms with Gasteiger partial charge in [0.1, 0.15) is 0 Å². The first kappa shape index (κ1) is 14.6. The molecule has 1 aromatic heterocycles. The smallest absolute Gasteiger partial charge is 0.339 e. The van der Waals surface area contributed by atoms with E-state index in [4.69, 9.17) is 5.11 Å². The molecule has 0 radical (unpaired) electrons. The van der Waals surface area contributed by atoms with E-state index in [-0.39, 0.29) is 13.2 Å². The van der Waals surface area contributed by atoms with Crippen LogP contribution >= 0.6 is 0 Å². The summed E-state index contributed by atoms with van der Waals surface area (Å²) in [5.41, 5.74) is -0.0219. The van der Waals surface area contributed by atoms with Crippen LogP contribution in [0.1, 0.15) is 23.0 Å². The number of aromatic nitrogens is 1. The molecule has 0 saturated carbocycles. The van der Waals surface area contributed by atoms with Crippen molar-refractivity contribution < 1.29 is 19.7 Å². The number of hydrogen-bond acceptors (Lipinski definition) is 6. The van der Waals surface area contributed by atoms with Crippen LogP contribution < -0.4 is 5.32 Å². The van der Waals surface area contributed by atoms with Crippen LogP contribution in [0.2, 0.25) is 0 Å². The third kappa shape index (κ3) is 4.40. The number of rotatable bonds is 6. The topological polar surface area (TPSA) is 91.7 Å². The van der Waals surface area contributed by atoms with Gasteiger partial charge in [-0.05, 0) is 19.1 Å². The number of hydrogen-bond donors (Lipinski definition) is 3. The van der Waals surface area contributed by atoms with Gasteiger partial charge in [-0.2, -0.15) is 0 Å². The number of aliphatic hydroxyl groups excluding tert-OH is 1. The highest BCUT2D eigenvalue weighted by molar-refractivity contribution is 5.88. The Morgan fingerprint density at radius 3 is 2.78 bits per heavy atom. The first-order valence-corrected chi connectivity index (χ1v) is 5.56. The number of methoxy groups -OCH3 is 1. The highest BCUT2D eigenvalue weighted by Gasteiger charge is 2.17. The van der Waals surface area contributed by atoms with Crippen LogP contribution in [0.4, 0.5) is 0 Å². The fourth-order valence-corrected chi connectivity index (χ4v) is 1.28. The predicted molar refractivity (Wildman–Crippen MR) is 65.0 cm³/mol. The summed E-state index contributed by atoms with van der Waals surface area (Å²) in [6.07, 6.45) is 1.44. The summed E-state index contributed by atoms with van der Waals surface area (Å²) in [5.74, 6) is -0.426. The van der Waals surface area contributed by atoms with E-state index in [1.54, 1.807) is 12.1 Å². The number of aliphatic hydroxyl groups is 2. The van der Waals surface area contributed by atoms with E-state index in [0.29, 0.717) is 12.1 Å². The molecule has 1 unspecified atom stereocenters. The van der Waals surface area contributed by atoms with Crippen molar-refractivity contribution in [1.29, 1.82) is 0 Å². The third-order valence-corrected chi connectivity index (χ3v) is 2.40. The predicted octanol–water partition coefficient (Wildman–Crippen LogP) is -0.299. The zero-order chi connectivity index (χ0) is 13.6. The van der Waals surface area contributed by atoms with Crippen LogP contribution in [0.15, 0.2) is 18.3 Å². The SMILES string of the molecule is COC(=O)c1ccc(CNCC(C)(O)CO)nc1. The summed E-state index contributed by atoms with van der Waals surface area (Å²) in [7, 11) is 1.31. The number of nitrogens with zero attached hydrogens (tertiary/aromatic N) is 1. The van der Waals surface area contributed by atoms with E-state index < -0.39 is 11.6 Å². The highest BCUT2D eigenvalue weighted by Crippen LogP contribution is 2.03. The van der Waals surface area contributed by atoms with Gasteiger partial charge in [0.05, 0.1) is 30.6 Å². The minimum absolute atomic E-state index is 0.254. The summed E-state index contributed by atoms with van der Waals surface area (Å²) in [6.45, 7) is 1.92. The van der Waals surface area contributed by atoms with Crippen molar-refractivity contribution in [2.24, 2.45) is 0 Å². The van der Waals surface area contributed by atoms with Gasteiger partial charge in [-0.1, -0.05) is 0 Å². The number of carbonyl (C=O) groups is 1. The monoisotopic (exact) mass is 254 g/mol. The molecule has 0 amide bonds. The van der Waals surface area contributed by atoms with Crippen LogP contribution in [0.3, 0.4) is 0 Å². The molecule has 0 aromatic carbocycles. The van der Waals surface area contributed by atoms with Gasteiger partial charge in [-0.25, -0.2) is 4.79 Å². The second kappa shape index (κ2) is 6.44. The van der Waals surface area contributed by atoms with Gasteiger partial charge in [0.2, 0.25) is 0 Å². The van der Waals surface area contributed by atoms with Crippen LogP contribution in [-0.4, -0.2) is 47.0 Å². The fraction of sp³-hybridized carbons (Fsp3) is 0.500. The molecule has 1 aromatic rings. The summed E-state index contributed by atoms with van der Waals surface area (Å²) >= 11 is 0. The van der Waals surface area contributed by atoms with Crippen molar-refractivity contribution in [3.63, 3.8) is 0 Å². The fourth-order valence-electron chi connectivity index (χ4n) is 1.28. The van der Waals surface area contributed by atoms with Crippen molar-refractivity contribution >= 4 is 5.97 Å². The lowest BCUT2D eigenvalue weighted by Gasteiger charge is -2.20. The molecular weight excluding hydrogens is 236 g/mol. The van der Waals surface area contributed by atoms with Crippen molar-refractivity contribution in [3.8, 4) is 0 Å². The Labute approximate surface area is 106 Å². The lowest BCUT2D eigenvalue weighted by Crippen LogP contribution is -2.40. The molecule has 1 rings (SSSR count). The largest absolute Gasteiger partial charge is 0.465 e. The molecule has 6 nitrogen and oxygen atoms in total. The Hall–Kier alpha value is -1.50. The maximum Gasteiger partial charge on any atom is 0.339 e. The van der Waals surface area contributed by atoms with Crippen LogP contribution in [0, 0.1) is 0 Å². The van der Waals surface area contributed by atoms with E-state index in [2.05, 4.69) is 15.0 Å². The Morgan fingerprint density at radius 1 is 1.56 bits per heavy atom. The number of ether oxygens (including phenoxy) is 1. The first-order chi connectivity index (χ1) is 8.48. The maximum absolute atomic E-state index is 11.2. The highest BCUT2D eigenvalue weighted by atomic mass is 16.5. The van der Waals surface area contributed by atoms with Gasteiger partial charge >= 0.3 is 5.97 Å². The average molecular weight is 254 g/mol. The molecule has 0 aliphatic heterocycles. The van der Waals surface area contributed by atoms with Gasteiger partial charge in [0.25, 0.3) is 0 Å². The molecule has 0 aliphatic rings. The van der Waals surface area contributed by atoms with Crippen LogP contribution in [0.25, 0.3) is 0 Å². The van der Waals surface area contributed by atoms with E-state index in [1.807, 2.05) is 0 Å². The van der Waals surface area contributed by atoms with Crippen molar-refractivity contribution in [1.82, 2.24) is 10.3 Å². The molecule has 0 aliphatic carbocycles. The van der Waals surface area contributed by atoms with E-state index in [9.17, 15) is 9.90 Å². The minimum Gasteiger partial charge on any atom is -0.465 e. The van der Waals surface area contributed by atoms with Crippen LogP contribution in [0.5, 0.6) is 0 Å². The van der Waals surface area contributed by atoms with Gasteiger partial charge in [-0.15, -0.1) is 0 Å². The molecule has 18 heavy (non-hydrogen) atoms. The molecule has 1 heterocycles. The van der Waals surface area contributed by atoms with E-state index >= 15 is 0 Å². The van der Waals surface area contributed by atoms with E-state index in [0.717, 1.165) is 5.69 Å². The Morgan fingerprint density at radius 2 is 2.28 bits per heavy atom. The minimum atomic E-state index is -1.15. The zero-order valence-electron chi connectivity index (χ0n) is 10.5. The number of carbonyl (C=O) groups excluding carboxylic acids is 1. The maximum atomic E-state index is 11.2. The molecule has 0 fully saturated rings. The Kier molecular flexibility index (Phi) is 5.21. The lowest BCUT2D eigenvalue weighted by molar-refractivity contribution is 0.00248. The lowest BCUT2D eigenvalue weighted by atomic mass is 10.1. The number of nitrogens with one attached hydrogen (secondary N) is 1. The summed E-state index contributed by atoms with van der Waals surface area (Å²) in [4.78, 5) is 15.3. The summed E-state index contributed by atoms with van der Waals surface area (Å²) < 4.78 is 4.56. The molecule has 6 heteroatoms. The van der Waals surface area contributed by atoms with E-state index in [1.165, 1.54) is 20.2 Å². The van der Waals surface area contributed by atoms with Gasteiger partial charge in [-0.3, -0.25) is 4.98 Å². The standard InChI is InChI=1S/C12H18N2O4/c1-12(17,8-15)7-13-6-10-4-3-9(5-14-10)11(16)18-2/h3-5,13,15,17H,6-8H2,1-2H3. The average Bonchev–Trinajstić information content (AvgIpc) is 2.38. The number of pyridine rings is 1. The molecule has 0 saturated heterocycles. The zero-order valence-corrected chi connectivity index (χ0v) is 10.5. The van der Waals surface area contributed by atoms with Crippen molar-refractivity contribution in [2.45, 2.75) is 19.1 Å². The summed E-state index contributed by atoms with van der Waals surface area (Å²) in [5, 5.41) is 21.4. The molecule has 1 atom stereocenters. The van der Waals surface area contributed by atoms with Gasteiger partial charge in [0, 0.05) is 19.3 Å². The molecule has 100 valence electrons. The summed E-state index contributed by atoms with van der Waals surface area (Å²) in [6, 6.07) is 3.33. The number of esters is 1. The second-order valence-corrected chi connectivity index (χ2v) is 4.29. The molecule has 0 bridgehead atoms. The molecular formula is C12H18N2O4. The Bertz CT molecular complexity index is 390. The van der Waals surface area contributed by atoms with Crippen molar-refractivity contribution in [2.75, 3.05) is 20.3 Å². The van der Waals surface area contributed by atoms with Gasteiger partial charge < -0.3 is 20.3 Å². The van der Waals surface area contributed by atoms with Crippen molar-refractivity contribution in [3.05, 3.63) is 29.6 Å². The quantitative estimate of drug-likeness (QED) is 0.604. The van der Waals surface area contributed by atoms with Gasteiger partial charge in [0.15, 0.2) is 0 Å². The third-order valence-electron chi connectivity index (χ3n) is 2.40. The van der Waals surface area contributed by atoms with Crippen LogP contribution in [-0.2, 0) is 11.3 Å². The molecule has 3 N–H and O–H groups in total. The first-order valence-electron chi connectivity index (χ1n) is 5.56. The normalized spacial score (nSPS) is 14.0. The second-order valence-electron chi connectivity index (χ2n) is 4.29. The Balaban J connectivity index is 2.47.